The van der Waals surface area contributed by atoms with Crippen molar-refractivity contribution in [3.8, 4) is 17.2 Å². The number of benzene rings is 2. The highest BCUT2D eigenvalue weighted by atomic mass is 16.5. The second-order valence-corrected chi connectivity index (χ2v) is 6.51. The minimum Gasteiger partial charge on any atom is -0.497 e. The predicted octanol–water partition coefficient (Wildman–Crippen LogP) is 3.49. The van der Waals surface area contributed by atoms with Crippen molar-refractivity contribution in [1.29, 1.82) is 0 Å². The van der Waals surface area contributed by atoms with Crippen LogP contribution in [0.2, 0.25) is 0 Å². The lowest BCUT2D eigenvalue weighted by molar-refractivity contribution is -0.117. The van der Waals surface area contributed by atoms with Gasteiger partial charge in [0.15, 0.2) is 0 Å². The van der Waals surface area contributed by atoms with Crippen LogP contribution in [0.4, 0.5) is 5.69 Å². The van der Waals surface area contributed by atoms with Gasteiger partial charge in [-0.1, -0.05) is 6.07 Å². The first kappa shape index (κ1) is 19.0. The van der Waals surface area contributed by atoms with Crippen LogP contribution in [0.1, 0.15) is 24.4 Å². The van der Waals surface area contributed by atoms with Gasteiger partial charge in [0.05, 0.1) is 27.9 Å². The van der Waals surface area contributed by atoms with Crippen molar-refractivity contribution in [2.45, 2.75) is 18.9 Å². The van der Waals surface area contributed by atoms with Gasteiger partial charge in [0.1, 0.15) is 17.2 Å². The Labute approximate surface area is 160 Å². The molecule has 1 heterocycles. The summed E-state index contributed by atoms with van der Waals surface area (Å²) in [5, 5.41) is 2.95. The molecule has 1 N–H and O–H groups in total. The Morgan fingerprint density at radius 3 is 2.41 bits per heavy atom. The van der Waals surface area contributed by atoms with Crippen molar-refractivity contribution in [3.63, 3.8) is 0 Å². The van der Waals surface area contributed by atoms with E-state index in [1.807, 2.05) is 42.5 Å². The second-order valence-electron chi connectivity index (χ2n) is 6.51. The van der Waals surface area contributed by atoms with Gasteiger partial charge in [-0.25, -0.2) is 0 Å². The van der Waals surface area contributed by atoms with Crippen molar-refractivity contribution in [2.75, 3.05) is 39.7 Å². The summed E-state index contributed by atoms with van der Waals surface area (Å²) in [7, 11) is 4.92. The van der Waals surface area contributed by atoms with E-state index < -0.39 is 0 Å². The van der Waals surface area contributed by atoms with Gasteiger partial charge >= 0.3 is 0 Å². The molecule has 27 heavy (non-hydrogen) atoms. The number of nitrogens with zero attached hydrogens (tertiary/aromatic N) is 1. The van der Waals surface area contributed by atoms with Crippen LogP contribution in [0, 0.1) is 0 Å². The normalized spacial score (nSPS) is 16.8. The SMILES string of the molecule is COc1ccc(NC(=O)CN2CCCC2c2ccc(OC)cc2OC)cc1. The maximum atomic E-state index is 12.5. The molecule has 0 radical (unpaired) electrons. The third-order valence-electron chi connectivity index (χ3n) is 4.88. The molecule has 6 heteroatoms. The van der Waals surface area contributed by atoms with Gasteiger partial charge in [-0.05, 0) is 49.7 Å². The van der Waals surface area contributed by atoms with E-state index in [0.29, 0.717) is 6.54 Å². The summed E-state index contributed by atoms with van der Waals surface area (Å²) in [6.45, 7) is 1.22. The van der Waals surface area contributed by atoms with E-state index in [2.05, 4.69) is 10.2 Å². The molecular formula is C21H26N2O4. The van der Waals surface area contributed by atoms with Crippen molar-refractivity contribution >= 4 is 11.6 Å². The molecule has 0 bridgehead atoms. The molecule has 1 unspecified atom stereocenters. The number of hydrogen-bond donors (Lipinski definition) is 1. The highest BCUT2D eigenvalue weighted by molar-refractivity contribution is 5.92. The van der Waals surface area contributed by atoms with Gasteiger partial charge < -0.3 is 19.5 Å². The monoisotopic (exact) mass is 370 g/mol. The largest absolute Gasteiger partial charge is 0.497 e. The van der Waals surface area contributed by atoms with Crippen LogP contribution in [0.3, 0.4) is 0 Å². The number of carbonyl (C=O) groups excluding carboxylic acids is 1. The third kappa shape index (κ3) is 4.52. The van der Waals surface area contributed by atoms with Crippen molar-refractivity contribution in [1.82, 2.24) is 4.90 Å². The summed E-state index contributed by atoms with van der Waals surface area (Å²) >= 11 is 0. The number of likely N-dealkylation sites (tertiary alicyclic amines) is 1. The molecule has 1 amide bonds. The summed E-state index contributed by atoms with van der Waals surface area (Å²) in [4.78, 5) is 14.7. The highest BCUT2D eigenvalue weighted by Crippen LogP contribution is 2.38. The first-order valence-corrected chi connectivity index (χ1v) is 9.04. The number of methoxy groups -OCH3 is 3. The minimum absolute atomic E-state index is 0.0282. The maximum absolute atomic E-state index is 12.5. The molecule has 0 saturated carbocycles. The van der Waals surface area contributed by atoms with Crippen LogP contribution in [0.5, 0.6) is 17.2 Å². The van der Waals surface area contributed by atoms with E-state index in [0.717, 1.165) is 47.9 Å². The molecule has 144 valence electrons. The molecule has 1 saturated heterocycles. The van der Waals surface area contributed by atoms with Gasteiger partial charge in [-0.15, -0.1) is 0 Å². The molecule has 1 aliphatic heterocycles. The van der Waals surface area contributed by atoms with Crippen LogP contribution in [0.25, 0.3) is 0 Å². The van der Waals surface area contributed by atoms with Crippen LogP contribution >= 0.6 is 0 Å². The Morgan fingerprint density at radius 2 is 1.74 bits per heavy atom. The second kappa shape index (κ2) is 8.77. The summed E-state index contributed by atoms with van der Waals surface area (Å²) in [6.07, 6.45) is 2.05. The number of anilines is 1. The molecule has 1 fully saturated rings. The van der Waals surface area contributed by atoms with E-state index in [1.165, 1.54) is 0 Å². The van der Waals surface area contributed by atoms with E-state index in [1.54, 1.807) is 21.3 Å². The Morgan fingerprint density at radius 1 is 1.04 bits per heavy atom. The average Bonchev–Trinajstić information content (AvgIpc) is 3.15. The van der Waals surface area contributed by atoms with E-state index in [4.69, 9.17) is 14.2 Å². The molecule has 2 aromatic carbocycles. The predicted molar refractivity (Wildman–Crippen MR) is 105 cm³/mol. The number of rotatable bonds is 7. The zero-order valence-corrected chi connectivity index (χ0v) is 16.0. The van der Waals surface area contributed by atoms with Crippen LogP contribution in [-0.2, 0) is 4.79 Å². The van der Waals surface area contributed by atoms with E-state index in [-0.39, 0.29) is 11.9 Å². The van der Waals surface area contributed by atoms with Crippen LogP contribution in [0.15, 0.2) is 42.5 Å². The molecule has 3 rings (SSSR count). The fraction of sp³-hybridized carbons (Fsp3) is 0.381. The van der Waals surface area contributed by atoms with Gasteiger partial charge in [-0.2, -0.15) is 0 Å². The number of hydrogen-bond acceptors (Lipinski definition) is 5. The van der Waals surface area contributed by atoms with Crippen molar-refractivity contribution < 1.29 is 19.0 Å². The van der Waals surface area contributed by atoms with Crippen LogP contribution < -0.4 is 19.5 Å². The van der Waals surface area contributed by atoms with Gasteiger partial charge in [0, 0.05) is 23.4 Å². The molecule has 0 aliphatic carbocycles. The lowest BCUT2D eigenvalue weighted by Gasteiger charge is -2.26. The molecule has 0 spiro atoms. The lowest BCUT2D eigenvalue weighted by atomic mass is 10.0. The van der Waals surface area contributed by atoms with Crippen molar-refractivity contribution in [2.24, 2.45) is 0 Å². The van der Waals surface area contributed by atoms with E-state index in [9.17, 15) is 4.79 Å². The first-order chi connectivity index (χ1) is 13.1. The van der Waals surface area contributed by atoms with Crippen LogP contribution in [-0.4, -0.2) is 45.2 Å². The summed E-state index contributed by atoms with van der Waals surface area (Å²) < 4.78 is 16.0. The van der Waals surface area contributed by atoms with Gasteiger partial charge in [0.25, 0.3) is 0 Å². The average molecular weight is 370 g/mol. The Hall–Kier alpha value is -2.73. The Kier molecular flexibility index (Phi) is 6.19. The minimum atomic E-state index is -0.0282. The standard InChI is InChI=1S/C21H26N2O4/c1-25-16-8-6-15(7-9-16)22-21(24)14-23-12-4-5-19(23)18-11-10-17(26-2)13-20(18)27-3/h6-11,13,19H,4-5,12,14H2,1-3H3,(H,22,24). The van der Waals surface area contributed by atoms with Gasteiger partial charge in [-0.3, -0.25) is 9.69 Å². The van der Waals surface area contributed by atoms with Gasteiger partial charge in [0.2, 0.25) is 5.91 Å². The summed E-state index contributed by atoms with van der Waals surface area (Å²) in [5.74, 6) is 2.29. The molecule has 1 atom stereocenters. The number of ether oxygens (including phenoxy) is 3. The summed E-state index contributed by atoms with van der Waals surface area (Å²) in [6, 6.07) is 13.4. The van der Waals surface area contributed by atoms with E-state index >= 15 is 0 Å². The topological polar surface area (TPSA) is 60.0 Å². The number of nitrogens with one attached hydrogen (secondary N) is 1. The summed E-state index contributed by atoms with van der Waals surface area (Å²) in [5.41, 5.74) is 1.85. The highest BCUT2D eigenvalue weighted by Gasteiger charge is 2.29. The smallest absolute Gasteiger partial charge is 0.238 e. The molecule has 1 aliphatic rings. The fourth-order valence-corrected chi connectivity index (χ4v) is 3.52. The molecular weight excluding hydrogens is 344 g/mol. The maximum Gasteiger partial charge on any atom is 0.238 e. The zero-order valence-electron chi connectivity index (χ0n) is 16.0. The van der Waals surface area contributed by atoms with Crippen molar-refractivity contribution in [3.05, 3.63) is 48.0 Å². The molecule has 2 aromatic rings. The number of amides is 1. The lowest BCUT2D eigenvalue weighted by Crippen LogP contribution is -2.33. The molecule has 0 aromatic heterocycles. The zero-order chi connectivity index (χ0) is 19.2. The quantitative estimate of drug-likeness (QED) is 0.808. The Bertz CT molecular complexity index is 776. The third-order valence-corrected chi connectivity index (χ3v) is 4.88. The Balaban J connectivity index is 1.68. The molecule has 6 nitrogen and oxygen atoms in total. The fourth-order valence-electron chi connectivity index (χ4n) is 3.52. The number of carbonyl (C=O) groups is 1. The first-order valence-electron chi connectivity index (χ1n) is 9.04.